The van der Waals surface area contributed by atoms with E-state index in [0.717, 1.165) is 12.1 Å². The fourth-order valence-corrected chi connectivity index (χ4v) is 4.41. The van der Waals surface area contributed by atoms with Gasteiger partial charge in [0.2, 0.25) is 10.0 Å². The molecule has 0 amide bonds. The summed E-state index contributed by atoms with van der Waals surface area (Å²) in [7, 11) is -3.65. The van der Waals surface area contributed by atoms with Gasteiger partial charge in [0.05, 0.1) is 11.0 Å². The molecule has 0 radical (unpaired) electrons. The minimum absolute atomic E-state index is 0.0399. The molecule has 1 heterocycles. The lowest BCUT2D eigenvalue weighted by atomic mass is 10.1. The quantitative estimate of drug-likeness (QED) is 0.909. The van der Waals surface area contributed by atoms with Crippen molar-refractivity contribution in [1.29, 1.82) is 0 Å². The molecule has 7 heteroatoms. The van der Waals surface area contributed by atoms with Crippen LogP contribution in [0.2, 0.25) is 0 Å². The first kappa shape index (κ1) is 14.9. The third-order valence-electron chi connectivity index (χ3n) is 2.99. The largest absolute Gasteiger partial charge is 0.378 e. The van der Waals surface area contributed by atoms with Crippen molar-refractivity contribution in [2.45, 2.75) is 36.8 Å². The van der Waals surface area contributed by atoms with E-state index in [9.17, 15) is 12.8 Å². The van der Waals surface area contributed by atoms with Gasteiger partial charge in [-0.1, -0.05) is 0 Å². The van der Waals surface area contributed by atoms with Crippen molar-refractivity contribution in [3.8, 4) is 0 Å². The summed E-state index contributed by atoms with van der Waals surface area (Å²) in [4.78, 5) is 0.0491. The Morgan fingerprint density at radius 3 is 2.84 bits per heavy atom. The maximum absolute atomic E-state index is 13.0. The Bertz CT molecular complexity index is 564. The number of rotatable bonds is 3. The van der Waals surface area contributed by atoms with Crippen molar-refractivity contribution < 1.29 is 17.5 Å². The molecule has 1 N–H and O–H groups in total. The minimum atomic E-state index is -3.65. The summed E-state index contributed by atoms with van der Waals surface area (Å²) in [5, 5.41) is 0. The lowest BCUT2D eigenvalue weighted by molar-refractivity contribution is 0.0173. The van der Waals surface area contributed by atoms with Gasteiger partial charge in [0.1, 0.15) is 5.82 Å². The zero-order valence-corrected chi connectivity index (χ0v) is 12.8. The molecule has 0 bridgehead atoms. The Kier molecular flexibility index (Phi) is 4.60. The predicted molar refractivity (Wildman–Crippen MR) is 72.9 cm³/mol. The van der Waals surface area contributed by atoms with Gasteiger partial charge in [-0.15, -0.1) is 0 Å². The maximum Gasteiger partial charge on any atom is 0.241 e. The SMILES string of the molecule is CC1CC(NS(=O)(=O)c2ccc(F)cc2Br)CCO1. The summed E-state index contributed by atoms with van der Waals surface area (Å²) in [6.45, 7) is 2.45. The number of nitrogens with one attached hydrogen (secondary N) is 1. The number of hydrogen-bond acceptors (Lipinski definition) is 3. The first-order valence-corrected chi connectivity index (χ1v) is 8.25. The first-order chi connectivity index (χ1) is 8.88. The van der Waals surface area contributed by atoms with Crippen LogP contribution in [0, 0.1) is 5.82 Å². The molecule has 0 spiro atoms. The van der Waals surface area contributed by atoms with Gasteiger partial charge < -0.3 is 4.74 Å². The summed E-state index contributed by atoms with van der Waals surface area (Å²) >= 11 is 3.08. The average molecular weight is 352 g/mol. The number of halogens is 2. The smallest absolute Gasteiger partial charge is 0.241 e. The average Bonchev–Trinajstić information content (AvgIpc) is 2.27. The van der Waals surface area contributed by atoms with Gasteiger partial charge in [-0.05, 0) is 53.9 Å². The highest BCUT2D eigenvalue weighted by atomic mass is 79.9. The van der Waals surface area contributed by atoms with Crippen molar-refractivity contribution in [1.82, 2.24) is 4.72 Å². The molecule has 0 saturated carbocycles. The van der Waals surface area contributed by atoms with Gasteiger partial charge in [-0.2, -0.15) is 0 Å². The van der Waals surface area contributed by atoms with Gasteiger partial charge in [0.15, 0.2) is 0 Å². The van der Waals surface area contributed by atoms with E-state index in [4.69, 9.17) is 4.74 Å². The molecule has 1 aliphatic rings. The highest BCUT2D eigenvalue weighted by Gasteiger charge is 2.26. The standard InChI is InChI=1S/C12H15BrFNO3S/c1-8-6-10(4-5-18-8)15-19(16,17)12-3-2-9(14)7-11(12)13/h2-3,7-8,10,15H,4-6H2,1H3. The second kappa shape index (κ2) is 5.87. The second-order valence-corrected chi connectivity index (χ2v) is 7.14. The lowest BCUT2D eigenvalue weighted by Gasteiger charge is -2.27. The van der Waals surface area contributed by atoms with Gasteiger partial charge in [0, 0.05) is 17.1 Å². The zero-order chi connectivity index (χ0) is 14.0. The van der Waals surface area contributed by atoms with E-state index >= 15 is 0 Å². The van der Waals surface area contributed by atoms with Crippen LogP contribution < -0.4 is 4.72 Å². The molecule has 0 aromatic heterocycles. The topological polar surface area (TPSA) is 55.4 Å². The molecular formula is C12H15BrFNO3S. The van der Waals surface area contributed by atoms with E-state index in [1.165, 1.54) is 6.07 Å². The molecule has 2 rings (SSSR count). The van der Waals surface area contributed by atoms with Crippen LogP contribution >= 0.6 is 15.9 Å². The van der Waals surface area contributed by atoms with Gasteiger partial charge >= 0.3 is 0 Å². The van der Waals surface area contributed by atoms with Crippen LogP contribution in [0.15, 0.2) is 27.6 Å². The van der Waals surface area contributed by atoms with E-state index in [1.807, 2.05) is 6.92 Å². The van der Waals surface area contributed by atoms with Gasteiger partial charge in [-0.3, -0.25) is 0 Å². The Balaban J connectivity index is 2.18. The number of benzene rings is 1. The molecule has 106 valence electrons. The summed E-state index contributed by atoms with van der Waals surface area (Å²) in [5.41, 5.74) is 0. The molecular weight excluding hydrogens is 337 g/mol. The molecule has 1 fully saturated rings. The monoisotopic (exact) mass is 351 g/mol. The summed E-state index contributed by atoms with van der Waals surface area (Å²) in [6, 6.07) is 3.38. The Hall–Kier alpha value is -0.500. The molecule has 19 heavy (non-hydrogen) atoms. The summed E-state index contributed by atoms with van der Waals surface area (Å²) < 4.78 is 45.7. The number of hydrogen-bond donors (Lipinski definition) is 1. The van der Waals surface area contributed by atoms with Crippen molar-refractivity contribution in [3.63, 3.8) is 0 Å². The molecule has 1 aliphatic heterocycles. The maximum atomic E-state index is 13.0. The van der Waals surface area contributed by atoms with Crippen molar-refractivity contribution in [2.24, 2.45) is 0 Å². The summed E-state index contributed by atoms with van der Waals surface area (Å²) in [6.07, 6.45) is 1.32. The summed E-state index contributed by atoms with van der Waals surface area (Å²) in [5.74, 6) is -0.481. The normalized spacial score (nSPS) is 24.4. The third-order valence-corrected chi connectivity index (χ3v) is 5.49. The van der Waals surface area contributed by atoms with E-state index < -0.39 is 15.8 Å². The zero-order valence-electron chi connectivity index (χ0n) is 10.4. The number of sulfonamides is 1. The molecule has 2 atom stereocenters. The van der Waals surface area contributed by atoms with Gasteiger partial charge in [-0.25, -0.2) is 17.5 Å². The van der Waals surface area contributed by atoms with E-state index in [0.29, 0.717) is 19.4 Å². The minimum Gasteiger partial charge on any atom is -0.378 e. The van der Waals surface area contributed by atoms with Gasteiger partial charge in [0.25, 0.3) is 0 Å². The van der Waals surface area contributed by atoms with Crippen LogP contribution in [0.5, 0.6) is 0 Å². The fraction of sp³-hybridized carbons (Fsp3) is 0.500. The second-order valence-electron chi connectivity index (χ2n) is 4.60. The molecule has 4 nitrogen and oxygen atoms in total. The number of ether oxygens (including phenoxy) is 1. The molecule has 1 aromatic carbocycles. The van der Waals surface area contributed by atoms with E-state index in [2.05, 4.69) is 20.7 Å². The van der Waals surface area contributed by atoms with E-state index in [1.54, 1.807) is 0 Å². The van der Waals surface area contributed by atoms with Crippen LogP contribution in [0.4, 0.5) is 4.39 Å². The van der Waals surface area contributed by atoms with E-state index in [-0.39, 0.29) is 21.5 Å². The predicted octanol–water partition coefficient (Wildman–Crippen LogP) is 2.43. The lowest BCUT2D eigenvalue weighted by Crippen LogP contribution is -2.41. The van der Waals surface area contributed by atoms with Crippen molar-refractivity contribution >= 4 is 26.0 Å². The highest BCUT2D eigenvalue weighted by molar-refractivity contribution is 9.10. The van der Waals surface area contributed by atoms with Crippen molar-refractivity contribution in [2.75, 3.05) is 6.61 Å². The molecule has 2 unspecified atom stereocenters. The third kappa shape index (κ3) is 3.75. The Morgan fingerprint density at radius 2 is 2.21 bits per heavy atom. The van der Waals surface area contributed by atoms with Crippen molar-refractivity contribution in [3.05, 3.63) is 28.5 Å². The molecule has 1 aromatic rings. The van der Waals surface area contributed by atoms with Crippen LogP contribution in [0.3, 0.4) is 0 Å². The highest BCUT2D eigenvalue weighted by Crippen LogP contribution is 2.24. The Morgan fingerprint density at radius 1 is 1.47 bits per heavy atom. The van der Waals surface area contributed by atoms with Crippen LogP contribution in [-0.4, -0.2) is 27.2 Å². The molecule has 0 aliphatic carbocycles. The van der Waals surface area contributed by atoms with Crippen LogP contribution in [-0.2, 0) is 14.8 Å². The van der Waals surface area contributed by atoms with Crippen LogP contribution in [0.1, 0.15) is 19.8 Å². The molecule has 1 saturated heterocycles. The Labute approximate surface area is 120 Å². The van der Waals surface area contributed by atoms with Crippen LogP contribution in [0.25, 0.3) is 0 Å². The fourth-order valence-electron chi connectivity index (χ4n) is 2.08. The first-order valence-electron chi connectivity index (χ1n) is 5.97.